The van der Waals surface area contributed by atoms with E-state index in [0.29, 0.717) is 18.0 Å². The Morgan fingerprint density at radius 2 is 2.00 bits per heavy atom. The standard InChI is InChI=1S/C26H25N3O5/c1-3-32-26(30)20-15-34-29-25(20)24-19(14-31-2)23-18-11-17(33-13-16-7-5-4-6-8-16)9-10-21(18)28-22(23)12-27-24/h4-12,20,28H,3,13-15H2,1-2H3. The van der Waals surface area contributed by atoms with Gasteiger partial charge in [0.05, 0.1) is 30.6 Å². The molecule has 1 aliphatic heterocycles. The fourth-order valence-electron chi connectivity index (χ4n) is 4.23. The fraction of sp³-hybridized carbons (Fsp3) is 0.269. The third kappa shape index (κ3) is 4.08. The van der Waals surface area contributed by atoms with Crippen molar-refractivity contribution in [2.24, 2.45) is 11.1 Å². The largest absolute Gasteiger partial charge is 0.489 e. The number of methoxy groups -OCH3 is 1. The van der Waals surface area contributed by atoms with Crippen molar-refractivity contribution in [2.75, 3.05) is 20.3 Å². The van der Waals surface area contributed by atoms with Crippen molar-refractivity contribution >= 4 is 33.5 Å². The number of fused-ring (bicyclic) bond motifs is 3. The lowest BCUT2D eigenvalue weighted by molar-refractivity contribution is -0.146. The Kier molecular flexibility index (Phi) is 6.14. The summed E-state index contributed by atoms with van der Waals surface area (Å²) in [6, 6.07) is 16.0. The van der Waals surface area contributed by atoms with Gasteiger partial charge in [-0.15, -0.1) is 0 Å². The van der Waals surface area contributed by atoms with Gasteiger partial charge in [0.25, 0.3) is 0 Å². The average molecular weight is 460 g/mol. The number of carbonyl (C=O) groups is 1. The number of nitrogens with zero attached hydrogens (tertiary/aromatic N) is 2. The molecule has 2 aromatic heterocycles. The highest BCUT2D eigenvalue weighted by atomic mass is 16.6. The van der Waals surface area contributed by atoms with E-state index in [0.717, 1.165) is 38.7 Å². The topological polar surface area (TPSA) is 95.0 Å². The zero-order chi connectivity index (χ0) is 23.5. The van der Waals surface area contributed by atoms with Gasteiger partial charge in [-0.25, -0.2) is 0 Å². The molecule has 1 N–H and O–H groups in total. The van der Waals surface area contributed by atoms with Gasteiger partial charge < -0.3 is 24.0 Å². The van der Waals surface area contributed by atoms with Crippen molar-refractivity contribution in [1.82, 2.24) is 9.97 Å². The lowest BCUT2D eigenvalue weighted by atomic mass is 9.96. The van der Waals surface area contributed by atoms with Crippen LogP contribution in [-0.2, 0) is 32.3 Å². The number of benzene rings is 2. The lowest BCUT2D eigenvalue weighted by Crippen LogP contribution is -2.28. The third-order valence-electron chi connectivity index (χ3n) is 5.79. The maximum Gasteiger partial charge on any atom is 0.318 e. The number of pyridine rings is 1. The number of rotatable bonds is 8. The first-order chi connectivity index (χ1) is 16.7. The molecule has 2 aromatic carbocycles. The monoisotopic (exact) mass is 459 g/mol. The predicted octanol–water partition coefficient (Wildman–Crippen LogP) is 4.36. The summed E-state index contributed by atoms with van der Waals surface area (Å²) in [5, 5.41) is 6.07. The molecule has 0 saturated heterocycles. The number of hydrogen-bond donors (Lipinski definition) is 1. The van der Waals surface area contributed by atoms with Crippen LogP contribution in [0.2, 0.25) is 0 Å². The zero-order valence-electron chi connectivity index (χ0n) is 19.0. The first-order valence-corrected chi connectivity index (χ1v) is 11.2. The molecule has 8 heteroatoms. The van der Waals surface area contributed by atoms with Crippen molar-refractivity contribution in [1.29, 1.82) is 0 Å². The molecule has 1 atom stereocenters. The van der Waals surface area contributed by atoms with Crippen LogP contribution in [0, 0.1) is 5.92 Å². The minimum Gasteiger partial charge on any atom is -0.489 e. The number of aromatic amines is 1. The van der Waals surface area contributed by atoms with E-state index < -0.39 is 5.92 Å². The molecule has 8 nitrogen and oxygen atoms in total. The van der Waals surface area contributed by atoms with E-state index >= 15 is 0 Å². The van der Waals surface area contributed by atoms with Crippen LogP contribution in [0.5, 0.6) is 5.75 Å². The summed E-state index contributed by atoms with van der Waals surface area (Å²) in [7, 11) is 1.63. The van der Waals surface area contributed by atoms with E-state index in [1.165, 1.54) is 0 Å². The Hall–Kier alpha value is -3.91. The minimum atomic E-state index is -0.629. The summed E-state index contributed by atoms with van der Waals surface area (Å²) in [4.78, 5) is 25.8. The second kappa shape index (κ2) is 9.52. The first-order valence-electron chi connectivity index (χ1n) is 11.2. The number of aromatic nitrogens is 2. The highest BCUT2D eigenvalue weighted by molar-refractivity contribution is 6.16. The van der Waals surface area contributed by atoms with Crippen LogP contribution >= 0.6 is 0 Å². The molecular weight excluding hydrogens is 434 g/mol. The van der Waals surface area contributed by atoms with Crippen molar-refractivity contribution in [3.05, 3.63) is 71.5 Å². The average Bonchev–Trinajstić information content (AvgIpc) is 3.49. The summed E-state index contributed by atoms with van der Waals surface area (Å²) < 4.78 is 16.8. The molecule has 0 amide bonds. The Balaban J connectivity index is 1.57. The summed E-state index contributed by atoms with van der Waals surface area (Å²) >= 11 is 0. The van der Waals surface area contributed by atoms with Crippen LogP contribution in [0.4, 0.5) is 0 Å². The van der Waals surface area contributed by atoms with Crippen LogP contribution in [0.25, 0.3) is 21.8 Å². The summed E-state index contributed by atoms with van der Waals surface area (Å²) in [5.41, 5.74) is 4.75. The second-order valence-corrected chi connectivity index (χ2v) is 7.99. The molecule has 0 bridgehead atoms. The van der Waals surface area contributed by atoms with Crippen molar-refractivity contribution < 1.29 is 23.8 Å². The first kappa shape index (κ1) is 21.9. The van der Waals surface area contributed by atoms with Gasteiger partial charge in [-0.2, -0.15) is 0 Å². The lowest BCUT2D eigenvalue weighted by Gasteiger charge is -2.13. The van der Waals surface area contributed by atoms with Gasteiger partial charge in [-0.1, -0.05) is 35.5 Å². The summed E-state index contributed by atoms with van der Waals surface area (Å²) in [6.07, 6.45) is 1.75. The molecule has 1 aliphatic rings. The van der Waals surface area contributed by atoms with Crippen LogP contribution in [0.1, 0.15) is 23.7 Å². The van der Waals surface area contributed by atoms with Crippen molar-refractivity contribution in [2.45, 2.75) is 20.1 Å². The molecule has 0 aliphatic carbocycles. The summed E-state index contributed by atoms with van der Waals surface area (Å²) in [5.74, 6) is -0.250. The normalized spacial score (nSPS) is 15.4. The molecule has 4 aromatic rings. The molecule has 5 rings (SSSR count). The van der Waals surface area contributed by atoms with Crippen LogP contribution < -0.4 is 4.74 Å². The van der Waals surface area contributed by atoms with E-state index in [9.17, 15) is 4.79 Å². The molecule has 34 heavy (non-hydrogen) atoms. The van der Waals surface area contributed by atoms with Gasteiger partial charge in [0, 0.05) is 29.0 Å². The van der Waals surface area contributed by atoms with E-state index in [2.05, 4.69) is 15.1 Å². The number of carbonyl (C=O) groups excluding carboxylic acids is 1. The van der Waals surface area contributed by atoms with Crippen LogP contribution in [0.3, 0.4) is 0 Å². The Morgan fingerprint density at radius 3 is 2.79 bits per heavy atom. The maximum atomic E-state index is 12.5. The van der Waals surface area contributed by atoms with E-state index in [4.69, 9.17) is 19.0 Å². The Labute approximate surface area is 196 Å². The zero-order valence-corrected chi connectivity index (χ0v) is 19.0. The highest BCUT2D eigenvalue weighted by Crippen LogP contribution is 2.34. The summed E-state index contributed by atoms with van der Waals surface area (Å²) in [6.45, 7) is 2.95. The van der Waals surface area contributed by atoms with Crippen LogP contribution in [0.15, 0.2) is 59.9 Å². The highest BCUT2D eigenvalue weighted by Gasteiger charge is 2.35. The number of oxime groups is 1. The van der Waals surface area contributed by atoms with Gasteiger partial charge in [-0.3, -0.25) is 9.78 Å². The number of esters is 1. The Bertz CT molecular complexity index is 1360. The van der Waals surface area contributed by atoms with Crippen molar-refractivity contribution in [3.8, 4) is 5.75 Å². The van der Waals surface area contributed by atoms with Gasteiger partial charge in [0.2, 0.25) is 0 Å². The van der Waals surface area contributed by atoms with Gasteiger partial charge in [-0.05, 0) is 30.7 Å². The SMILES string of the molecule is CCOC(=O)C1CON=C1c1ncc2[nH]c3ccc(OCc4ccccc4)cc3c2c1COC. The smallest absolute Gasteiger partial charge is 0.318 e. The van der Waals surface area contributed by atoms with Gasteiger partial charge in [0.1, 0.15) is 30.6 Å². The molecule has 174 valence electrons. The quantitative estimate of drug-likeness (QED) is 0.394. The maximum absolute atomic E-state index is 12.5. The van der Waals surface area contributed by atoms with Gasteiger partial charge >= 0.3 is 5.97 Å². The van der Waals surface area contributed by atoms with Gasteiger partial charge in [0.15, 0.2) is 0 Å². The minimum absolute atomic E-state index is 0.131. The molecule has 0 saturated carbocycles. The predicted molar refractivity (Wildman–Crippen MR) is 128 cm³/mol. The van der Waals surface area contributed by atoms with Crippen molar-refractivity contribution in [3.63, 3.8) is 0 Å². The molecular formula is C26H25N3O5. The molecule has 0 spiro atoms. The Morgan fingerprint density at radius 1 is 1.15 bits per heavy atom. The van der Waals surface area contributed by atoms with E-state index in [1.807, 2.05) is 48.5 Å². The van der Waals surface area contributed by atoms with E-state index in [-0.39, 0.29) is 25.8 Å². The molecule has 0 fully saturated rings. The molecule has 3 heterocycles. The second-order valence-electron chi connectivity index (χ2n) is 7.99. The number of hydrogen-bond acceptors (Lipinski definition) is 7. The number of ether oxygens (including phenoxy) is 3. The number of nitrogens with one attached hydrogen (secondary N) is 1. The molecule has 0 radical (unpaired) electrons. The number of H-pyrrole nitrogens is 1. The fourth-order valence-corrected chi connectivity index (χ4v) is 4.23. The van der Waals surface area contributed by atoms with Crippen LogP contribution in [-0.4, -0.2) is 42.0 Å². The molecule has 1 unspecified atom stereocenters. The van der Waals surface area contributed by atoms with E-state index in [1.54, 1.807) is 20.2 Å². The third-order valence-corrected chi connectivity index (χ3v) is 5.79.